The summed E-state index contributed by atoms with van der Waals surface area (Å²) in [5.74, 6) is 0.734. The molecule has 1 fully saturated rings. The number of nitrogens with one attached hydrogen (secondary N) is 2. The van der Waals surface area contributed by atoms with Crippen molar-refractivity contribution < 1.29 is 4.79 Å². The van der Waals surface area contributed by atoms with Gasteiger partial charge >= 0.3 is 0 Å². The van der Waals surface area contributed by atoms with Crippen LogP contribution >= 0.6 is 0 Å². The number of carbonyl (C=O) groups is 1. The molecule has 1 saturated carbocycles. The highest BCUT2D eigenvalue weighted by Crippen LogP contribution is 2.38. The van der Waals surface area contributed by atoms with Crippen LogP contribution < -0.4 is 10.6 Å². The second-order valence-electron chi connectivity index (χ2n) is 8.12. The maximum atomic E-state index is 12.1. The monoisotopic (exact) mass is 268 g/mol. The molecule has 1 rings (SSSR count). The molecule has 0 radical (unpaired) electrons. The van der Waals surface area contributed by atoms with Crippen LogP contribution in [0.3, 0.4) is 0 Å². The lowest BCUT2D eigenvalue weighted by molar-refractivity contribution is -0.124. The van der Waals surface area contributed by atoms with E-state index < -0.39 is 0 Å². The standard InChI is InChI=1S/C16H32N2O/c1-11-10-16(6,7)9-8-13(11)17-12(2)14(19)18-15(3,4)5/h11-13,17H,8-10H2,1-7H3,(H,18,19). The van der Waals surface area contributed by atoms with Gasteiger partial charge in [0.15, 0.2) is 0 Å². The predicted octanol–water partition coefficient (Wildman–Crippen LogP) is 3.09. The fourth-order valence-electron chi connectivity index (χ4n) is 3.07. The molecule has 0 bridgehead atoms. The summed E-state index contributed by atoms with van der Waals surface area (Å²) in [6.07, 6.45) is 3.64. The van der Waals surface area contributed by atoms with E-state index in [1.165, 1.54) is 19.3 Å². The minimum absolute atomic E-state index is 0.101. The van der Waals surface area contributed by atoms with Crippen molar-refractivity contribution in [3.05, 3.63) is 0 Å². The van der Waals surface area contributed by atoms with E-state index in [0.29, 0.717) is 17.4 Å². The fraction of sp³-hybridized carbons (Fsp3) is 0.938. The molecule has 0 saturated heterocycles. The molecule has 2 N–H and O–H groups in total. The van der Waals surface area contributed by atoms with Gasteiger partial charge in [-0.15, -0.1) is 0 Å². The predicted molar refractivity (Wildman–Crippen MR) is 81.1 cm³/mol. The van der Waals surface area contributed by atoms with Crippen LogP contribution in [-0.4, -0.2) is 23.5 Å². The van der Waals surface area contributed by atoms with Crippen molar-refractivity contribution in [3.8, 4) is 0 Å². The van der Waals surface area contributed by atoms with Crippen LogP contribution in [0.1, 0.15) is 67.7 Å². The Morgan fingerprint density at radius 3 is 2.37 bits per heavy atom. The van der Waals surface area contributed by atoms with Gasteiger partial charge in [-0.3, -0.25) is 4.79 Å². The maximum absolute atomic E-state index is 12.1. The Bertz CT molecular complexity index is 317. The molecule has 0 aromatic heterocycles. The molecule has 0 aromatic carbocycles. The van der Waals surface area contributed by atoms with Crippen LogP contribution in [0, 0.1) is 11.3 Å². The van der Waals surface area contributed by atoms with Gasteiger partial charge in [-0.25, -0.2) is 0 Å². The first-order valence-electron chi connectivity index (χ1n) is 7.58. The van der Waals surface area contributed by atoms with Crippen molar-refractivity contribution in [2.45, 2.75) is 85.4 Å². The highest BCUT2D eigenvalue weighted by molar-refractivity contribution is 5.81. The minimum Gasteiger partial charge on any atom is -0.350 e. The van der Waals surface area contributed by atoms with Crippen LogP contribution in [0.25, 0.3) is 0 Å². The van der Waals surface area contributed by atoms with Crippen LogP contribution in [0.5, 0.6) is 0 Å². The molecule has 3 unspecified atom stereocenters. The first-order valence-corrected chi connectivity index (χ1v) is 7.58. The number of amides is 1. The number of hydrogen-bond acceptors (Lipinski definition) is 2. The molecule has 3 heteroatoms. The Labute approximate surface area is 118 Å². The van der Waals surface area contributed by atoms with E-state index >= 15 is 0 Å². The molecule has 3 nitrogen and oxygen atoms in total. The van der Waals surface area contributed by atoms with E-state index in [-0.39, 0.29) is 17.5 Å². The van der Waals surface area contributed by atoms with Gasteiger partial charge in [0.05, 0.1) is 6.04 Å². The summed E-state index contributed by atoms with van der Waals surface area (Å²) in [5.41, 5.74) is 0.293. The van der Waals surface area contributed by atoms with Crippen molar-refractivity contribution in [1.29, 1.82) is 0 Å². The average molecular weight is 268 g/mol. The molecule has 0 heterocycles. The molecule has 3 atom stereocenters. The van der Waals surface area contributed by atoms with E-state index in [9.17, 15) is 4.79 Å². The molecular weight excluding hydrogens is 236 g/mol. The van der Waals surface area contributed by atoms with Gasteiger partial charge in [0.1, 0.15) is 0 Å². The molecule has 1 aliphatic carbocycles. The van der Waals surface area contributed by atoms with Crippen LogP contribution in [-0.2, 0) is 4.79 Å². The Morgan fingerprint density at radius 2 is 1.89 bits per heavy atom. The molecule has 1 amide bonds. The fourth-order valence-corrected chi connectivity index (χ4v) is 3.07. The summed E-state index contributed by atoms with van der Waals surface area (Å²) in [6, 6.07) is 0.349. The molecule has 19 heavy (non-hydrogen) atoms. The summed E-state index contributed by atoms with van der Waals surface area (Å²) in [5, 5.41) is 6.55. The van der Waals surface area contributed by atoms with Crippen LogP contribution in [0.4, 0.5) is 0 Å². The van der Waals surface area contributed by atoms with Crippen molar-refractivity contribution in [2.75, 3.05) is 0 Å². The lowest BCUT2D eigenvalue weighted by Crippen LogP contribution is -2.54. The van der Waals surface area contributed by atoms with Gasteiger partial charge in [0, 0.05) is 11.6 Å². The lowest BCUT2D eigenvalue weighted by atomic mass is 9.70. The van der Waals surface area contributed by atoms with Crippen LogP contribution in [0.2, 0.25) is 0 Å². The van der Waals surface area contributed by atoms with Gasteiger partial charge in [-0.1, -0.05) is 20.8 Å². The van der Waals surface area contributed by atoms with Gasteiger partial charge in [0.25, 0.3) is 0 Å². The molecule has 0 spiro atoms. The Hall–Kier alpha value is -0.570. The molecule has 1 aliphatic rings. The lowest BCUT2D eigenvalue weighted by Gasteiger charge is -2.40. The summed E-state index contributed by atoms with van der Waals surface area (Å²) < 4.78 is 0. The quantitative estimate of drug-likeness (QED) is 0.826. The van der Waals surface area contributed by atoms with E-state index in [1.54, 1.807) is 0 Å². The van der Waals surface area contributed by atoms with Crippen molar-refractivity contribution >= 4 is 5.91 Å². The topological polar surface area (TPSA) is 41.1 Å². The second kappa shape index (κ2) is 5.82. The first-order chi connectivity index (χ1) is 8.50. The largest absolute Gasteiger partial charge is 0.350 e. The molecule has 112 valence electrons. The summed E-state index contributed by atoms with van der Waals surface area (Å²) in [4.78, 5) is 12.1. The van der Waals surface area contributed by atoms with E-state index in [4.69, 9.17) is 0 Å². The molecule has 0 aliphatic heterocycles. The Morgan fingerprint density at radius 1 is 1.32 bits per heavy atom. The number of carbonyl (C=O) groups excluding carboxylic acids is 1. The third-order valence-corrected chi connectivity index (χ3v) is 4.05. The maximum Gasteiger partial charge on any atom is 0.237 e. The zero-order valence-electron chi connectivity index (χ0n) is 13.8. The van der Waals surface area contributed by atoms with Crippen molar-refractivity contribution in [3.63, 3.8) is 0 Å². The SMILES string of the molecule is CC(NC1CCC(C)(C)CC1C)C(=O)NC(C)(C)C. The van der Waals surface area contributed by atoms with E-state index in [1.807, 2.05) is 27.7 Å². The number of hydrogen-bond donors (Lipinski definition) is 2. The smallest absolute Gasteiger partial charge is 0.237 e. The Balaban J connectivity index is 2.49. The van der Waals surface area contributed by atoms with Gasteiger partial charge in [-0.05, 0) is 58.3 Å². The van der Waals surface area contributed by atoms with Crippen LogP contribution in [0.15, 0.2) is 0 Å². The summed E-state index contributed by atoms with van der Waals surface area (Å²) in [7, 11) is 0. The van der Waals surface area contributed by atoms with Gasteiger partial charge < -0.3 is 10.6 Å². The zero-order valence-corrected chi connectivity index (χ0v) is 13.8. The van der Waals surface area contributed by atoms with E-state index in [0.717, 1.165) is 0 Å². The summed E-state index contributed by atoms with van der Waals surface area (Å²) in [6.45, 7) is 15.0. The van der Waals surface area contributed by atoms with Crippen molar-refractivity contribution in [1.82, 2.24) is 10.6 Å². The highest BCUT2D eigenvalue weighted by Gasteiger charge is 2.33. The highest BCUT2D eigenvalue weighted by atomic mass is 16.2. The van der Waals surface area contributed by atoms with Crippen molar-refractivity contribution in [2.24, 2.45) is 11.3 Å². The normalized spacial score (nSPS) is 28.8. The third-order valence-electron chi connectivity index (χ3n) is 4.05. The zero-order chi connectivity index (χ0) is 14.8. The second-order valence-corrected chi connectivity index (χ2v) is 8.12. The minimum atomic E-state index is -0.160. The third kappa shape index (κ3) is 5.52. The van der Waals surface area contributed by atoms with Gasteiger partial charge in [0.2, 0.25) is 5.91 Å². The van der Waals surface area contributed by atoms with E-state index in [2.05, 4.69) is 31.4 Å². The Kier molecular flexibility index (Phi) is 5.05. The average Bonchev–Trinajstić information content (AvgIpc) is 2.18. The number of rotatable bonds is 3. The first kappa shape index (κ1) is 16.5. The van der Waals surface area contributed by atoms with Gasteiger partial charge in [-0.2, -0.15) is 0 Å². The molecular formula is C16H32N2O. The molecule has 0 aromatic rings. The summed E-state index contributed by atoms with van der Waals surface area (Å²) >= 11 is 0.